The second-order valence-corrected chi connectivity index (χ2v) is 8.11. The Kier molecular flexibility index (Phi) is 29.5. The molecular formula is C25H55N. The molecule has 0 bridgehead atoms. The van der Waals surface area contributed by atoms with Crippen molar-refractivity contribution in [1.82, 2.24) is 5.32 Å². The molecule has 0 unspecified atom stereocenters. The molecule has 0 radical (unpaired) electrons. The molecule has 1 heteroatoms. The third-order valence-corrected chi connectivity index (χ3v) is 5.41. The first kappa shape index (κ1) is 28.2. The van der Waals surface area contributed by atoms with Gasteiger partial charge in [-0.2, -0.15) is 0 Å². The lowest BCUT2D eigenvalue weighted by Gasteiger charge is -2.05. The zero-order valence-corrected chi connectivity index (χ0v) is 18.1. The first-order valence-electron chi connectivity index (χ1n) is 12.1. The van der Waals surface area contributed by atoms with Gasteiger partial charge in [0.05, 0.1) is 0 Å². The highest BCUT2D eigenvalue weighted by Gasteiger charge is 1.94. The summed E-state index contributed by atoms with van der Waals surface area (Å²) in [5.41, 5.74) is 0. The van der Waals surface area contributed by atoms with Crippen LogP contribution >= 0.6 is 0 Å². The summed E-state index contributed by atoms with van der Waals surface area (Å²) in [7, 11) is 0. The van der Waals surface area contributed by atoms with Crippen molar-refractivity contribution in [2.45, 2.75) is 150 Å². The Morgan fingerprint density at radius 1 is 0.346 bits per heavy atom. The van der Waals surface area contributed by atoms with E-state index in [4.69, 9.17) is 0 Å². The molecule has 0 atom stereocenters. The normalized spacial score (nSPS) is 10.8. The van der Waals surface area contributed by atoms with Crippen LogP contribution in [0.4, 0.5) is 0 Å². The predicted molar refractivity (Wildman–Crippen MR) is 123 cm³/mol. The van der Waals surface area contributed by atoms with Gasteiger partial charge in [0.1, 0.15) is 0 Å². The van der Waals surface area contributed by atoms with E-state index in [0.29, 0.717) is 0 Å². The van der Waals surface area contributed by atoms with Crippen LogP contribution in [-0.4, -0.2) is 13.1 Å². The highest BCUT2D eigenvalue weighted by Crippen LogP contribution is 2.11. The summed E-state index contributed by atoms with van der Waals surface area (Å²) < 4.78 is 0. The number of hydrogen-bond donors (Lipinski definition) is 1. The summed E-state index contributed by atoms with van der Waals surface area (Å²) in [4.78, 5) is 0. The maximum absolute atomic E-state index is 3.64. The molecule has 0 rings (SSSR count). The van der Waals surface area contributed by atoms with Crippen molar-refractivity contribution in [3.8, 4) is 0 Å². The largest absolute Gasteiger partial charge is 0.317 e. The van der Waals surface area contributed by atoms with Crippen LogP contribution in [-0.2, 0) is 0 Å². The van der Waals surface area contributed by atoms with Gasteiger partial charge in [-0.25, -0.2) is 0 Å². The van der Waals surface area contributed by atoms with Crippen LogP contribution in [0.3, 0.4) is 0 Å². The average Bonchev–Trinajstić information content (AvgIpc) is 2.63. The van der Waals surface area contributed by atoms with E-state index in [1.807, 2.05) is 0 Å². The Bertz CT molecular complexity index is 192. The van der Waals surface area contributed by atoms with Crippen molar-refractivity contribution in [1.29, 1.82) is 0 Å². The Morgan fingerprint density at radius 3 is 0.846 bits per heavy atom. The quantitative estimate of drug-likeness (QED) is 0.188. The maximum atomic E-state index is 3.64. The minimum Gasteiger partial charge on any atom is -0.317 e. The van der Waals surface area contributed by atoms with Gasteiger partial charge in [0.15, 0.2) is 0 Å². The average molecular weight is 370 g/mol. The lowest BCUT2D eigenvalue weighted by atomic mass is 10.1. The summed E-state index contributed by atoms with van der Waals surface area (Å²) >= 11 is 0. The Balaban J connectivity index is 0. The lowest BCUT2D eigenvalue weighted by Crippen LogP contribution is -2.16. The van der Waals surface area contributed by atoms with Crippen molar-refractivity contribution in [3.05, 3.63) is 0 Å². The van der Waals surface area contributed by atoms with Crippen molar-refractivity contribution in [2.24, 2.45) is 0 Å². The smallest absolute Gasteiger partial charge is 0.00489 e. The molecule has 0 aromatic carbocycles. The van der Waals surface area contributed by atoms with E-state index in [0.717, 1.165) is 0 Å². The van der Waals surface area contributed by atoms with E-state index in [9.17, 15) is 0 Å². The maximum Gasteiger partial charge on any atom is -0.00489 e. The molecule has 1 nitrogen and oxygen atoms in total. The molecule has 1 N–H and O–H groups in total. The molecule has 0 amide bonds. The van der Waals surface area contributed by atoms with Crippen LogP contribution in [0.15, 0.2) is 0 Å². The number of hydrogen-bond acceptors (Lipinski definition) is 1. The number of rotatable bonds is 22. The fourth-order valence-electron chi connectivity index (χ4n) is 3.60. The molecule has 0 saturated heterocycles. The molecule has 0 heterocycles. The van der Waals surface area contributed by atoms with Gasteiger partial charge in [0.25, 0.3) is 0 Å². The third-order valence-electron chi connectivity index (χ3n) is 5.41. The van der Waals surface area contributed by atoms with Gasteiger partial charge in [-0.15, -0.1) is 0 Å². The van der Waals surface area contributed by atoms with Gasteiger partial charge in [-0.1, -0.05) is 137 Å². The second kappa shape index (κ2) is 27.2. The Hall–Kier alpha value is -0.0400. The molecule has 0 fully saturated rings. The molecule has 0 aromatic heterocycles. The van der Waals surface area contributed by atoms with Gasteiger partial charge in [-0.3, -0.25) is 0 Å². The van der Waals surface area contributed by atoms with E-state index in [1.165, 1.54) is 142 Å². The van der Waals surface area contributed by atoms with E-state index in [-0.39, 0.29) is 7.43 Å². The summed E-state index contributed by atoms with van der Waals surface area (Å²) in [5, 5.41) is 3.64. The van der Waals surface area contributed by atoms with Gasteiger partial charge < -0.3 is 5.32 Å². The molecule has 0 aliphatic carbocycles. The predicted octanol–water partition coefficient (Wildman–Crippen LogP) is 9.05. The van der Waals surface area contributed by atoms with Crippen LogP contribution in [0.5, 0.6) is 0 Å². The molecule has 160 valence electrons. The molecule has 0 aliphatic rings. The van der Waals surface area contributed by atoms with E-state index < -0.39 is 0 Å². The number of nitrogens with one attached hydrogen (secondary N) is 1. The highest BCUT2D eigenvalue weighted by atomic mass is 14.8. The van der Waals surface area contributed by atoms with Crippen LogP contribution in [0.25, 0.3) is 0 Å². The Labute approximate surface area is 168 Å². The first-order chi connectivity index (χ1) is 12.4. The molecule has 0 aromatic rings. The molecule has 0 spiro atoms. The van der Waals surface area contributed by atoms with Gasteiger partial charge in [0, 0.05) is 0 Å². The minimum absolute atomic E-state index is 0. The topological polar surface area (TPSA) is 12.0 Å². The molecule has 0 aliphatic heterocycles. The van der Waals surface area contributed by atoms with E-state index >= 15 is 0 Å². The first-order valence-corrected chi connectivity index (χ1v) is 12.1. The fourth-order valence-corrected chi connectivity index (χ4v) is 3.60. The summed E-state index contributed by atoms with van der Waals surface area (Å²) in [6.07, 6.45) is 28.8. The van der Waals surface area contributed by atoms with Crippen LogP contribution in [0.2, 0.25) is 0 Å². The van der Waals surface area contributed by atoms with E-state index in [2.05, 4.69) is 19.2 Å². The van der Waals surface area contributed by atoms with Gasteiger partial charge >= 0.3 is 0 Å². The summed E-state index contributed by atoms with van der Waals surface area (Å²) in [6.45, 7) is 7.08. The van der Waals surface area contributed by atoms with Crippen LogP contribution < -0.4 is 5.32 Å². The SMILES string of the molecule is C.CCCCCCCCCCCCNCCCCCCCCCCCC. The molecule has 0 saturated carbocycles. The molecule has 26 heavy (non-hydrogen) atoms. The minimum atomic E-state index is 0. The Morgan fingerprint density at radius 2 is 0.577 bits per heavy atom. The van der Waals surface area contributed by atoms with Crippen molar-refractivity contribution < 1.29 is 0 Å². The number of unbranched alkanes of at least 4 members (excludes halogenated alkanes) is 18. The van der Waals surface area contributed by atoms with E-state index in [1.54, 1.807) is 0 Å². The third kappa shape index (κ3) is 26.2. The zero-order valence-electron chi connectivity index (χ0n) is 18.1. The van der Waals surface area contributed by atoms with Gasteiger partial charge in [-0.05, 0) is 25.9 Å². The zero-order chi connectivity index (χ0) is 18.3. The van der Waals surface area contributed by atoms with Crippen molar-refractivity contribution >= 4 is 0 Å². The lowest BCUT2D eigenvalue weighted by molar-refractivity contribution is 0.525. The van der Waals surface area contributed by atoms with Crippen LogP contribution in [0, 0.1) is 0 Å². The highest BCUT2D eigenvalue weighted by molar-refractivity contribution is 4.53. The van der Waals surface area contributed by atoms with Crippen molar-refractivity contribution in [3.63, 3.8) is 0 Å². The standard InChI is InChI=1S/C24H51N.CH4/c1-3-5-7-9-11-13-15-17-19-21-23-25-24-22-20-18-16-14-12-10-8-6-4-2;/h25H,3-24H2,1-2H3;1H4. The molecular weight excluding hydrogens is 314 g/mol. The summed E-state index contributed by atoms with van der Waals surface area (Å²) in [5.74, 6) is 0. The van der Waals surface area contributed by atoms with Crippen LogP contribution in [0.1, 0.15) is 150 Å². The monoisotopic (exact) mass is 369 g/mol. The van der Waals surface area contributed by atoms with Gasteiger partial charge in [0.2, 0.25) is 0 Å². The second-order valence-electron chi connectivity index (χ2n) is 8.11. The van der Waals surface area contributed by atoms with Crippen molar-refractivity contribution in [2.75, 3.05) is 13.1 Å². The summed E-state index contributed by atoms with van der Waals surface area (Å²) in [6, 6.07) is 0. The fraction of sp³-hybridized carbons (Fsp3) is 1.00.